The Balaban J connectivity index is 2.33. The van der Waals surface area contributed by atoms with Crippen molar-refractivity contribution in [1.82, 2.24) is 0 Å². The van der Waals surface area contributed by atoms with Crippen molar-refractivity contribution in [1.29, 1.82) is 0 Å². The molecule has 0 N–H and O–H groups in total. The van der Waals surface area contributed by atoms with Crippen LogP contribution in [0.15, 0.2) is 42.2 Å². The van der Waals surface area contributed by atoms with E-state index in [1.54, 1.807) is 7.11 Å². The van der Waals surface area contributed by atoms with Gasteiger partial charge < -0.3 is 14.2 Å². The third-order valence-electron chi connectivity index (χ3n) is 4.93. The van der Waals surface area contributed by atoms with Crippen LogP contribution in [0.2, 0.25) is 0 Å². The van der Waals surface area contributed by atoms with Crippen LogP contribution in [0.5, 0.6) is 11.5 Å². The Bertz CT molecular complexity index is 870. The van der Waals surface area contributed by atoms with E-state index in [-0.39, 0.29) is 16.3 Å². The lowest BCUT2D eigenvalue weighted by Crippen LogP contribution is -2.22. The molecule has 2 aromatic rings. The lowest BCUT2D eigenvalue weighted by atomic mass is 9.78. The Labute approximate surface area is 249 Å². The van der Waals surface area contributed by atoms with Gasteiger partial charge in [0.05, 0.1) is 22.7 Å². The summed E-state index contributed by atoms with van der Waals surface area (Å²) in [5, 5.41) is 1.53. The minimum atomic E-state index is -0.272. The average molecular weight is 895 g/mol. The van der Waals surface area contributed by atoms with Crippen LogP contribution < -0.4 is 9.47 Å². The van der Waals surface area contributed by atoms with Gasteiger partial charge in [-0.2, -0.15) is 0 Å². The van der Waals surface area contributed by atoms with Gasteiger partial charge in [0, 0.05) is 23.2 Å². The van der Waals surface area contributed by atoms with Crippen molar-refractivity contribution in [2.24, 2.45) is 0 Å². The van der Waals surface area contributed by atoms with Crippen LogP contribution in [0.1, 0.15) is 25.0 Å². The summed E-state index contributed by atoms with van der Waals surface area (Å²) in [5.41, 5.74) is 2.01. The Morgan fingerprint density at radius 1 is 0.750 bits per heavy atom. The van der Waals surface area contributed by atoms with Gasteiger partial charge in [-0.05, 0) is 99.1 Å². The molecule has 0 bridgehead atoms. The Morgan fingerprint density at radius 2 is 1.16 bits per heavy atom. The van der Waals surface area contributed by atoms with E-state index in [0.717, 1.165) is 45.8 Å². The fourth-order valence-corrected chi connectivity index (χ4v) is 6.46. The van der Waals surface area contributed by atoms with Gasteiger partial charge in [0.25, 0.3) is 0 Å². The predicted octanol–water partition coefficient (Wildman–Crippen LogP) is 9.39. The monoisotopic (exact) mass is 888 g/mol. The van der Waals surface area contributed by atoms with Crippen molar-refractivity contribution in [3.63, 3.8) is 0 Å². The third-order valence-corrected chi connectivity index (χ3v) is 10.3. The SMILES string of the molecule is COC(CBr)COc1c(Br)cc(C(C)(C)c2cc(Br)c(OCC(Br)CBr)c(Br)c2)cc1Br. The molecule has 0 saturated carbocycles. The maximum atomic E-state index is 6.01. The standard InChI is InChI=1S/C22H23Br7O3/c1-22(2,12-4-16(26)20(17(27)5-12)31-10-14(25)8-23)13-6-18(28)21(19(29)7-13)32-11-15(9-24)30-3/h4-7,14-15H,8-11H2,1-3H3. The summed E-state index contributed by atoms with van der Waals surface area (Å²) in [6.45, 7) is 5.40. The quantitative estimate of drug-likeness (QED) is 0.211. The van der Waals surface area contributed by atoms with Crippen molar-refractivity contribution in [2.75, 3.05) is 31.0 Å². The molecule has 32 heavy (non-hydrogen) atoms. The molecule has 178 valence electrons. The van der Waals surface area contributed by atoms with E-state index in [0.29, 0.717) is 18.5 Å². The van der Waals surface area contributed by atoms with Crippen molar-refractivity contribution < 1.29 is 14.2 Å². The zero-order chi connectivity index (χ0) is 24.1. The molecule has 0 radical (unpaired) electrons. The first-order chi connectivity index (χ1) is 15.0. The van der Waals surface area contributed by atoms with Crippen molar-refractivity contribution in [2.45, 2.75) is 30.2 Å². The predicted molar refractivity (Wildman–Crippen MR) is 158 cm³/mol. The summed E-state index contributed by atoms with van der Waals surface area (Å²) in [6.07, 6.45) is -0.0188. The van der Waals surface area contributed by atoms with Gasteiger partial charge in [0.2, 0.25) is 0 Å². The van der Waals surface area contributed by atoms with Gasteiger partial charge in [-0.1, -0.05) is 61.6 Å². The Kier molecular flexibility index (Phi) is 12.6. The second-order valence-corrected chi connectivity index (χ2v) is 13.6. The molecule has 0 aliphatic carbocycles. The molecule has 2 rings (SSSR count). The molecule has 0 aromatic heterocycles. The number of methoxy groups -OCH3 is 1. The van der Waals surface area contributed by atoms with Crippen LogP contribution in [-0.4, -0.2) is 41.9 Å². The summed E-state index contributed by atoms with van der Waals surface area (Å²) in [6, 6.07) is 8.44. The smallest absolute Gasteiger partial charge is 0.147 e. The first kappa shape index (κ1) is 29.6. The maximum absolute atomic E-state index is 6.01. The van der Waals surface area contributed by atoms with Gasteiger partial charge in [0.15, 0.2) is 0 Å². The van der Waals surface area contributed by atoms with E-state index >= 15 is 0 Å². The van der Waals surface area contributed by atoms with Crippen LogP contribution in [0.3, 0.4) is 0 Å². The average Bonchev–Trinajstić information content (AvgIpc) is 2.74. The van der Waals surface area contributed by atoms with E-state index in [4.69, 9.17) is 14.2 Å². The van der Waals surface area contributed by atoms with E-state index in [1.807, 2.05) is 0 Å². The molecule has 0 aliphatic rings. The highest BCUT2D eigenvalue weighted by molar-refractivity contribution is 9.12. The van der Waals surface area contributed by atoms with Crippen molar-refractivity contribution in [3.05, 3.63) is 53.3 Å². The van der Waals surface area contributed by atoms with E-state index < -0.39 is 0 Å². The summed E-state index contributed by atoms with van der Waals surface area (Å²) >= 11 is 25.2. The van der Waals surface area contributed by atoms with Crippen LogP contribution >= 0.6 is 112 Å². The number of benzene rings is 2. The van der Waals surface area contributed by atoms with Crippen molar-refractivity contribution >= 4 is 112 Å². The highest BCUT2D eigenvalue weighted by atomic mass is 79.9. The summed E-state index contributed by atoms with van der Waals surface area (Å²) < 4.78 is 21.0. The molecule has 2 aromatic carbocycles. The molecular formula is C22H23Br7O3. The fourth-order valence-electron chi connectivity index (χ4n) is 2.85. The van der Waals surface area contributed by atoms with Crippen LogP contribution in [0, 0.1) is 0 Å². The second kappa shape index (κ2) is 13.6. The minimum absolute atomic E-state index is 0.0188. The van der Waals surface area contributed by atoms with Crippen LogP contribution in [0.4, 0.5) is 0 Å². The van der Waals surface area contributed by atoms with Gasteiger partial charge in [0.1, 0.15) is 30.8 Å². The molecule has 0 heterocycles. The molecule has 2 atom stereocenters. The number of rotatable bonds is 11. The molecule has 0 spiro atoms. The maximum Gasteiger partial charge on any atom is 0.147 e. The zero-order valence-corrected chi connectivity index (χ0v) is 28.8. The number of ether oxygens (including phenoxy) is 3. The number of hydrogen-bond acceptors (Lipinski definition) is 3. The molecule has 0 fully saturated rings. The number of halogens is 7. The van der Waals surface area contributed by atoms with E-state index in [2.05, 4.69) is 150 Å². The van der Waals surface area contributed by atoms with Crippen LogP contribution in [0.25, 0.3) is 0 Å². The normalized spacial score (nSPS) is 13.7. The summed E-state index contributed by atoms with van der Waals surface area (Å²) in [4.78, 5) is 0.238. The van der Waals surface area contributed by atoms with Crippen LogP contribution in [-0.2, 0) is 10.2 Å². The third kappa shape index (κ3) is 7.68. The summed E-state index contributed by atoms with van der Waals surface area (Å²) in [7, 11) is 1.68. The largest absolute Gasteiger partial charge is 0.490 e. The zero-order valence-electron chi connectivity index (χ0n) is 17.7. The first-order valence-electron chi connectivity index (χ1n) is 9.58. The number of hydrogen-bond donors (Lipinski definition) is 0. The topological polar surface area (TPSA) is 27.7 Å². The fraction of sp³-hybridized carbons (Fsp3) is 0.455. The van der Waals surface area contributed by atoms with E-state index in [1.165, 1.54) is 0 Å². The lowest BCUT2D eigenvalue weighted by Gasteiger charge is -2.28. The molecule has 0 amide bonds. The first-order valence-corrected chi connectivity index (χ1v) is 15.9. The molecular weight excluding hydrogens is 872 g/mol. The van der Waals surface area contributed by atoms with Gasteiger partial charge in [-0.3, -0.25) is 0 Å². The highest BCUT2D eigenvalue weighted by Gasteiger charge is 2.27. The molecule has 0 saturated heterocycles. The van der Waals surface area contributed by atoms with Gasteiger partial charge >= 0.3 is 0 Å². The number of alkyl halides is 3. The summed E-state index contributed by atoms with van der Waals surface area (Å²) in [5.74, 6) is 1.55. The van der Waals surface area contributed by atoms with E-state index in [9.17, 15) is 0 Å². The Hall–Kier alpha value is 1.36. The molecule has 2 unspecified atom stereocenters. The second-order valence-electron chi connectivity index (χ2n) is 7.55. The van der Waals surface area contributed by atoms with Gasteiger partial charge in [-0.25, -0.2) is 0 Å². The molecule has 3 nitrogen and oxygen atoms in total. The highest BCUT2D eigenvalue weighted by Crippen LogP contribution is 2.44. The van der Waals surface area contributed by atoms with Crippen molar-refractivity contribution in [3.8, 4) is 11.5 Å². The molecule has 0 aliphatic heterocycles. The molecule has 10 heteroatoms. The Morgan fingerprint density at radius 3 is 1.50 bits per heavy atom. The minimum Gasteiger partial charge on any atom is -0.490 e. The lowest BCUT2D eigenvalue weighted by molar-refractivity contribution is 0.0752. The van der Waals surface area contributed by atoms with Gasteiger partial charge in [-0.15, -0.1) is 0 Å².